The standard InChI is InChI=1S/C12H24N2O/c1-3-15-9-10(2)14-12(13)11-7-5-4-6-8-11/h10-11H,3-9H2,1-2H3,(H2,13,14). The van der Waals surface area contributed by atoms with Crippen LogP contribution in [0.4, 0.5) is 0 Å². The minimum atomic E-state index is 0.201. The third-order valence-electron chi connectivity index (χ3n) is 2.96. The zero-order chi connectivity index (χ0) is 11.1. The summed E-state index contributed by atoms with van der Waals surface area (Å²) < 4.78 is 5.32. The molecule has 1 rings (SSSR count). The molecule has 15 heavy (non-hydrogen) atoms. The lowest BCUT2D eigenvalue weighted by Crippen LogP contribution is -2.28. The highest BCUT2D eigenvalue weighted by Gasteiger charge is 2.17. The molecular formula is C12H24N2O. The molecule has 0 radical (unpaired) electrons. The molecular weight excluding hydrogens is 188 g/mol. The highest BCUT2D eigenvalue weighted by atomic mass is 16.5. The molecule has 0 aromatic rings. The smallest absolute Gasteiger partial charge is 0.0972 e. The van der Waals surface area contributed by atoms with Crippen LogP contribution >= 0.6 is 0 Å². The van der Waals surface area contributed by atoms with Crippen molar-refractivity contribution in [1.82, 2.24) is 0 Å². The van der Waals surface area contributed by atoms with Gasteiger partial charge in [0.1, 0.15) is 0 Å². The van der Waals surface area contributed by atoms with E-state index in [1.165, 1.54) is 32.1 Å². The van der Waals surface area contributed by atoms with Crippen LogP contribution in [0.5, 0.6) is 0 Å². The van der Waals surface area contributed by atoms with Crippen LogP contribution in [0.3, 0.4) is 0 Å². The van der Waals surface area contributed by atoms with E-state index in [4.69, 9.17) is 10.5 Å². The van der Waals surface area contributed by atoms with Crippen LogP contribution in [0.1, 0.15) is 46.0 Å². The molecule has 0 aromatic heterocycles. The van der Waals surface area contributed by atoms with Crippen LogP contribution < -0.4 is 5.73 Å². The van der Waals surface area contributed by atoms with Crippen molar-refractivity contribution >= 4 is 5.84 Å². The van der Waals surface area contributed by atoms with Crippen molar-refractivity contribution in [3.8, 4) is 0 Å². The van der Waals surface area contributed by atoms with Gasteiger partial charge in [0.05, 0.1) is 18.5 Å². The first-order valence-electron chi connectivity index (χ1n) is 6.15. The van der Waals surface area contributed by atoms with E-state index in [1.807, 2.05) is 6.92 Å². The molecule has 0 aliphatic heterocycles. The van der Waals surface area contributed by atoms with Crippen LogP contribution in [-0.2, 0) is 4.74 Å². The quantitative estimate of drug-likeness (QED) is 0.561. The lowest BCUT2D eigenvalue weighted by atomic mass is 9.88. The molecule has 0 aromatic carbocycles. The average molecular weight is 212 g/mol. The molecule has 1 aliphatic carbocycles. The molecule has 3 nitrogen and oxygen atoms in total. The van der Waals surface area contributed by atoms with Crippen molar-refractivity contribution in [1.29, 1.82) is 0 Å². The second-order valence-electron chi connectivity index (χ2n) is 4.40. The topological polar surface area (TPSA) is 47.6 Å². The number of ether oxygens (including phenoxy) is 1. The lowest BCUT2D eigenvalue weighted by molar-refractivity contribution is 0.137. The molecule has 1 unspecified atom stereocenters. The van der Waals surface area contributed by atoms with Gasteiger partial charge in [0, 0.05) is 12.5 Å². The molecule has 1 aliphatic rings. The predicted molar refractivity (Wildman–Crippen MR) is 64.2 cm³/mol. The van der Waals surface area contributed by atoms with E-state index >= 15 is 0 Å². The summed E-state index contributed by atoms with van der Waals surface area (Å²) in [6.45, 7) is 5.50. The maximum atomic E-state index is 6.02. The number of nitrogens with zero attached hydrogens (tertiary/aromatic N) is 1. The van der Waals surface area contributed by atoms with Gasteiger partial charge in [-0.3, -0.25) is 4.99 Å². The van der Waals surface area contributed by atoms with Crippen molar-refractivity contribution in [3.63, 3.8) is 0 Å². The van der Waals surface area contributed by atoms with Gasteiger partial charge in [-0.15, -0.1) is 0 Å². The number of amidine groups is 1. The van der Waals surface area contributed by atoms with E-state index in [0.717, 1.165) is 12.4 Å². The van der Waals surface area contributed by atoms with Gasteiger partial charge in [-0.25, -0.2) is 0 Å². The maximum Gasteiger partial charge on any atom is 0.0972 e. The molecule has 88 valence electrons. The van der Waals surface area contributed by atoms with Crippen molar-refractivity contribution < 1.29 is 4.74 Å². The Kier molecular flexibility index (Phi) is 5.69. The molecule has 3 heteroatoms. The summed E-state index contributed by atoms with van der Waals surface area (Å²) in [4.78, 5) is 4.51. The Morgan fingerprint density at radius 1 is 1.40 bits per heavy atom. The van der Waals surface area contributed by atoms with Crippen LogP contribution in [-0.4, -0.2) is 25.1 Å². The van der Waals surface area contributed by atoms with Gasteiger partial charge in [-0.2, -0.15) is 0 Å². The third-order valence-corrected chi connectivity index (χ3v) is 2.96. The van der Waals surface area contributed by atoms with E-state index in [2.05, 4.69) is 11.9 Å². The summed E-state index contributed by atoms with van der Waals surface area (Å²) in [6.07, 6.45) is 6.41. The second-order valence-corrected chi connectivity index (χ2v) is 4.40. The monoisotopic (exact) mass is 212 g/mol. The van der Waals surface area contributed by atoms with Crippen molar-refractivity contribution in [2.24, 2.45) is 16.6 Å². The first-order valence-corrected chi connectivity index (χ1v) is 6.15. The minimum absolute atomic E-state index is 0.201. The van der Waals surface area contributed by atoms with Crippen LogP contribution in [0.15, 0.2) is 4.99 Å². The van der Waals surface area contributed by atoms with Crippen LogP contribution in [0.25, 0.3) is 0 Å². The second kappa shape index (κ2) is 6.83. The summed E-state index contributed by atoms with van der Waals surface area (Å²) in [7, 11) is 0. The first-order chi connectivity index (χ1) is 7.24. The summed E-state index contributed by atoms with van der Waals surface area (Å²) in [5, 5.41) is 0. The van der Waals surface area contributed by atoms with Gasteiger partial charge in [-0.05, 0) is 26.7 Å². The fourth-order valence-corrected chi connectivity index (χ4v) is 2.08. The van der Waals surface area contributed by atoms with Gasteiger partial charge in [0.25, 0.3) is 0 Å². The largest absolute Gasteiger partial charge is 0.387 e. The molecule has 1 atom stereocenters. The number of rotatable bonds is 5. The Bertz CT molecular complexity index is 198. The van der Waals surface area contributed by atoms with Gasteiger partial charge in [0.2, 0.25) is 0 Å². The van der Waals surface area contributed by atoms with Crippen LogP contribution in [0, 0.1) is 5.92 Å². The number of hydrogen-bond donors (Lipinski definition) is 1. The van der Waals surface area contributed by atoms with E-state index in [-0.39, 0.29) is 6.04 Å². The van der Waals surface area contributed by atoms with E-state index in [9.17, 15) is 0 Å². The van der Waals surface area contributed by atoms with E-state index < -0.39 is 0 Å². The summed E-state index contributed by atoms with van der Waals surface area (Å²) in [5.41, 5.74) is 6.02. The molecule has 0 saturated heterocycles. The number of aliphatic imine (C=N–C) groups is 1. The Morgan fingerprint density at radius 3 is 2.67 bits per heavy atom. The molecule has 0 bridgehead atoms. The summed E-state index contributed by atoms with van der Waals surface area (Å²) >= 11 is 0. The number of nitrogens with two attached hydrogens (primary N) is 1. The normalized spacial score (nSPS) is 21.6. The highest BCUT2D eigenvalue weighted by molar-refractivity contribution is 5.83. The predicted octanol–water partition coefficient (Wildman–Crippen LogP) is 2.35. The zero-order valence-electron chi connectivity index (χ0n) is 10.0. The van der Waals surface area contributed by atoms with E-state index in [0.29, 0.717) is 12.5 Å². The molecule has 1 fully saturated rings. The molecule has 1 saturated carbocycles. The fourth-order valence-electron chi connectivity index (χ4n) is 2.08. The maximum absolute atomic E-state index is 6.02. The Morgan fingerprint density at radius 2 is 2.07 bits per heavy atom. The average Bonchev–Trinajstić information content (AvgIpc) is 2.27. The first kappa shape index (κ1) is 12.5. The molecule has 0 spiro atoms. The molecule has 2 N–H and O–H groups in total. The van der Waals surface area contributed by atoms with Crippen molar-refractivity contribution in [2.45, 2.75) is 52.0 Å². The highest BCUT2D eigenvalue weighted by Crippen LogP contribution is 2.23. The van der Waals surface area contributed by atoms with Crippen LogP contribution in [0.2, 0.25) is 0 Å². The summed E-state index contributed by atoms with van der Waals surface area (Å²) in [6, 6.07) is 0.201. The van der Waals surface area contributed by atoms with Gasteiger partial charge >= 0.3 is 0 Å². The summed E-state index contributed by atoms with van der Waals surface area (Å²) in [5.74, 6) is 1.38. The van der Waals surface area contributed by atoms with E-state index in [1.54, 1.807) is 0 Å². The zero-order valence-corrected chi connectivity index (χ0v) is 10.0. The third kappa shape index (κ3) is 4.65. The fraction of sp³-hybridized carbons (Fsp3) is 0.917. The Hall–Kier alpha value is -0.570. The van der Waals surface area contributed by atoms with Gasteiger partial charge in [0.15, 0.2) is 0 Å². The van der Waals surface area contributed by atoms with Gasteiger partial charge < -0.3 is 10.5 Å². The van der Waals surface area contributed by atoms with Crippen molar-refractivity contribution in [2.75, 3.05) is 13.2 Å². The number of hydrogen-bond acceptors (Lipinski definition) is 2. The Balaban J connectivity index is 2.35. The minimum Gasteiger partial charge on any atom is -0.387 e. The SMILES string of the molecule is CCOCC(C)N=C(N)C1CCCCC1. The molecule has 0 heterocycles. The Labute approximate surface area is 93.1 Å². The van der Waals surface area contributed by atoms with Crippen molar-refractivity contribution in [3.05, 3.63) is 0 Å². The lowest BCUT2D eigenvalue weighted by Gasteiger charge is -2.21. The van der Waals surface area contributed by atoms with Gasteiger partial charge in [-0.1, -0.05) is 19.3 Å². The molecule has 0 amide bonds.